The zero-order chi connectivity index (χ0) is 17.6. The number of hydrogen-bond acceptors (Lipinski definition) is 9. The summed E-state index contributed by atoms with van der Waals surface area (Å²) in [6, 6.07) is -1.16. The lowest BCUT2D eigenvalue weighted by atomic mass is 9.96. The predicted molar refractivity (Wildman–Crippen MR) is 71.6 cm³/mol. The molecule has 1 unspecified atom stereocenters. The Labute approximate surface area is 132 Å². The van der Waals surface area contributed by atoms with Gasteiger partial charge in [-0.2, -0.15) is 0 Å². The zero-order valence-electron chi connectivity index (χ0n) is 12.9. The predicted octanol–water partition coefficient (Wildman–Crippen LogP) is -1.76. The monoisotopic (exact) mass is 333 g/mol. The lowest BCUT2D eigenvalue weighted by Gasteiger charge is -2.43. The van der Waals surface area contributed by atoms with E-state index < -0.39 is 48.6 Å². The number of carbonyl (C=O) groups is 4. The van der Waals surface area contributed by atoms with Gasteiger partial charge in [0.25, 0.3) is 0 Å². The van der Waals surface area contributed by atoms with Gasteiger partial charge in [0.05, 0.1) is 0 Å². The molecule has 10 nitrogen and oxygen atoms in total. The molecule has 0 saturated carbocycles. The minimum atomic E-state index is -1.56. The van der Waals surface area contributed by atoms with E-state index in [-0.39, 0.29) is 13.0 Å². The Morgan fingerprint density at radius 3 is 2.13 bits per heavy atom. The first-order valence-corrected chi connectivity index (χ1v) is 6.77. The highest BCUT2D eigenvalue weighted by Gasteiger charge is 2.49. The van der Waals surface area contributed by atoms with E-state index in [1.54, 1.807) is 0 Å². The molecule has 0 aliphatic carbocycles. The van der Waals surface area contributed by atoms with E-state index in [2.05, 4.69) is 5.32 Å². The molecule has 130 valence electrons. The molecule has 0 spiro atoms. The van der Waals surface area contributed by atoms with Gasteiger partial charge in [0.1, 0.15) is 18.8 Å². The molecule has 1 aliphatic heterocycles. The molecule has 0 radical (unpaired) electrons. The van der Waals surface area contributed by atoms with Crippen molar-refractivity contribution in [3.05, 3.63) is 0 Å². The molecule has 0 aromatic carbocycles. The molecule has 1 rings (SSSR count). The highest BCUT2D eigenvalue weighted by Crippen LogP contribution is 2.25. The molecule has 23 heavy (non-hydrogen) atoms. The number of nitrogens with one attached hydrogen (secondary N) is 1. The molecule has 2 N–H and O–H groups in total. The highest BCUT2D eigenvalue weighted by atomic mass is 16.7. The molecule has 10 heteroatoms. The summed E-state index contributed by atoms with van der Waals surface area (Å²) >= 11 is 0. The second-order valence-electron chi connectivity index (χ2n) is 4.83. The number of hydrogen-bond donors (Lipinski definition) is 2. The van der Waals surface area contributed by atoms with Crippen molar-refractivity contribution in [1.29, 1.82) is 0 Å². The van der Waals surface area contributed by atoms with E-state index in [0.717, 1.165) is 13.8 Å². The van der Waals surface area contributed by atoms with Crippen molar-refractivity contribution in [3.63, 3.8) is 0 Å². The van der Waals surface area contributed by atoms with Crippen molar-refractivity contribution in [2.45, 2.75) is 51.4 Å². The van der Waals surface area contributed by atoms with Crippen LogP contribution in [-0.4, -0.2) is 66.7 Å². The van der Waals surface area contributed by atoms with Gasteiger partial charge in [-0.1, -0.05) is 0 Å². The molecule has 1 aliphatic rings. The van der Waals surface area contributed by atoms with Crippen molar-refractivity contribution in [3.8, 4) is 0 Å². The molecular formula is C13H19NO9. The van der Waals surface area contributed by atoms with Crippen LogP contribution in [-0.2, 0) is 38.1 Å². The third-order valence-corrected chi connectivity index (χ3v) is 2.98. The van der Waals surface area contributed by atoms with Crippen molar-refractivity contribution in [2.24, 2.45) is 0 Å². The number of esters is 3. The first-order chi connectivity index (χ1) is 10.8. The first kappa shape index (κ1) is 18.8. The fourth-order valence-electron chi connectivity index (χ4n) is 2.18. The maximum atomic E-state index is 11.3. The number of ether oxygens (including phenoxy) is 4. The maximum absolute atomic E-state index is 11.3. The maximum Gasteiger partial charge on any atom is 0.303 e. The molecule has 5 atom stereocenters. The van der Waals surface area contributed by atoms with Crippen LogP contribution in [0.3, 0.4) is 0 Å². The van der Waals surface area contributed by atoms with E-state index in [9.17, 15) is 24.3 Å². The molecule has 1 amide bonds. The van der Waals surface area contributed by atoms with Gasteiger partial charge >= 0.3 is 17.9 Å². The van der Waals surface area contributed by atoms with Crippen LogP contribution in [0.5, 0.6) is 0 Å². The van der Waals surface area contributed by atoms with Crippen molar-refractivity contribution < 1.29 is 43.2 Å². The van der Waals surface area contributed by atoms with Crippen LogP contribution in [0, 0.1) is 0 Å². The van der Waals surface area contributed by atoms with Crippen LogP contribution in [0.25, 0.3) is 0 Å². The third kappa shape index (κ3) is 5.49. The van der Waals surface area contributed by atoms with Gasteiger partial charge < -0.3 is 29.4 Å². The minimum absolute atomic E-state index is 0.283. The Kier molecular flexibility index (Phi) is 6.91. The molecular weight excluding hydrogens is 314 g/mol. The lowest BCUT2D eigenvalue weighted by Crippen LogP contribution is -2.65. The van der Waals surface area contributed by atoms with Crippen LogP contribution in [0.1, 0.15) is 20.8 Å². The standard InChI is InChI=1S/C13H19NO9/c1-6(16)20-4-9-11(21-7(2)17)12(22-8(3)18)10(14-5-15)13(19)23-9/h5,9-13,19H,4H2,1-3H3,(H,14,15)/t9-,10-,11-,12-,13?/m1/s1. The van der Waals surface area contributed by atoms with Gasteiger partial charge in [-0.05, 0) is 0 Å². The summed E-state index contributed by atoms with van der Waals surface area (Å²) in [5.41, 5.74) is 0. The summed E-state index contributed by atoms with van der Waals surface area (Å²) in [7, 11) is 0. The fourth-order valence-corrected chi connectivity index (χ4v) is 2.18. The SMILES string of the molecule is CC(=O)OC[C@H]1OC(O)[C@H](NC=O)[C@@H](OC(C)=O)[C@@H]1OC(C)=O. The number of aliphatic hydroxyl groups is 1. The Morgan fingerprint density at radius 2 is 1.65 bits per heavy atom. The molecule has 0 bridgehead atoms. The molecule has 1 saturated heterocycles. The number of rotatable bonds is 6. The van der Waals surface area contributed by atoms with Gasteiger partial charge in [-0.25, -0.2) is 0 Å². The highest BCUT2D eigenvalue weighted by molar-refractivity contribution is 5.68. The van der Waals surface area contributed by atoms with Crippen LogP contribution < -0.4 is 5.32 Å². The molecule has 1 fully saturated rings. The first-order valence-electron chi connectivity index (χ1n) is 6.77. The summed E-state index contributed by atoms with van der Waals surface area (Å²) < 4.78 is 20.1. The van der Waals surface area contributed by atoms with E-state index in [4.69, 9.17) is 18.9 Å². The second-order valence-corrected chi connectivity index (χ2v) is 4.83. The molecule has 0 aromatic rings. The fraction of sp³-hybridized carbons (Fsp3) is 0.692. The van der Waals surface area contributed by atoms with E-state index in [1.807, 2.05) is 0 Å². The number of amides is 1. The van der Waals surface area contributed by atoms with Crippen molar-refractivity contribution >= 4 is 24.3 Å². The van der Waals surface area contributed by atoms with Crippen molar-refractivity contribution in [2.75, 3.05) is 6.61 Å². The van der Waals surface area contributed by atoms with E-state index in [1.165, 1.54) is 6.92 Å². The van der Waals surface area contributed by atoms with Gasteiger partial charge in [0, 0.05) is 20.8 Å². The van der Waals surface area contributed by atoms with E-state index >= 15 is 0 Å². The Bertz CT molecular complexity index is 466. The molecule has 1 heterocycles. The summed E-state index contributed by atoms with van der Waals surface area (Å²) in [5.74, 6) is -2.03. The number of carbonyl (C=O) groups excluding carboxylic acids is 4. The number of aliphatic hydroxyl groups excluding tert-OH is 1. The molecule has 0 aromatic heterocycles. The zero-order valence-corrected chi connectivity index (χ0v) is 12.9. The van der Waals surface area contributed by atoms with Crippen LogP contribution >= 0.6 is 0 Å². The minimum Gasteiger partial charge on any atom is -0.463 e. The van der Waals surface area contributed by atoms with Gasteiger partial charge in [0.15, 0.2) is 18.5 Å². The van der Waals surface area contributed by atoms with Gasteiger partial charge in [-0.3, -0.25) is 19.2 Å². The Hall–Kier alpha value is -2.20. The summed E-state index contributed by atoms with van der Waals surface area (Å²) in [6.07, 6.45) is -4.75. The quantitative estimate of drug-likeness (QED) is 0.329. The second kappa shape index (κ2) is 8.44. The summed E-state index contributed by atoms with van der Waals surface area (Å²) in [4.78, 5) is 44.2. The average Bonchev–Trinajstić information content (AvgIpc) is 2.42. The largest absolute Gasteiger partial charge is 0.463 e. The summed E-state index contributed by atoms with van der Waals surface area (Å²) in [5, 5.41) is 12.2. The van der Waals surface area contributed by atoms with Crippen LogP contribution in [0.2, 0.25) is 0 Å². The van der Waals surface area contributed by atoms with Crippen LogP contribution in [0.4, 0.5) is 0 Å². The summed E-state index contributed by atoms with van der Waals surface area (Å²) in [6.45, 7) is 3.07. The van der Waals surface area contributed by atoms with Gasteiger partial charge in [-0.15, -0.1) is 0 Å². The third-order valence-electron chi connectivity index (χ3n) is 2.98. The van der Waals surface area contributed by atoms with E-state index in [0.29, 0.717) is 0 Å². The lowest BCUT2D eigenvalue weighted by molar-refractivity contribution is -0.264. The Morgan fingerprint density at radius 1 is 1.09 bits per heavy atom. The van der Waals surface area contributed by atoms with Gasteiger partial charge in [0.2, 0.25) is 6.41 Å². The normalized spacial score (nSPS) is 30.0. The average molecular weight is 333 g/mol. The Balaban J connectivity index is 3.06. The van der Waals surface area contributed by atoms with Crippen molar-refractivity contribution in [1.82, 2.24) is 5.32 Å². The van der Waals surface area contributed by atoms with Crippen LogP contribution in [0.15, 0.2) is 0 Å². The smallest absolute Gasteiger partial charge is 0.303 e. The topological polar surface area (TPSA) is 137 Å².